The fourth-order valence-corrected chi connectivity index (χ4v) is 5.17. The maximum absolute atomic E-state index is 10.2. The second kappa shape index (κ2) is 7.74. The van der Waals surface area contributed by atoms with Crippen LogP contribution in [0.3, 0.4) is 0 Å². The van der Waals surface area contributed by atoms with Crippen LogP contribution in [0, 0.1) is 0 Å². The van der Waals surface area contributed by atoms with Gasteiger partial charge < -0.3 is 14.6 Å². The number of fused-ring (bicyclic) bond motifs is 1. The van der Waals surface area contributed by atoms with Crippen LogP contribution in [0.15, 0.2) is 43.6 Å². The highest BCUT2D eigenvalue weighted by Crippen LogP contribution is 2.44. The second-order valence-electron chi connectivity index (χ2n) is 7.30. The Balaban J connectivity index is 1.64. The minimum absolute atomic E-state index is 0.139. The molecule has 1 N–H and O–H groups in total. The van der Waals surface area contributed by atoms with Crippen LogP contribution < -0.4 is 9.47 Å². The first-order chi connectivity index (χ1) is 13.8. The number of thiazole rings is 1. The third-order valence-electron chi connectivity index (χ3n) is 4.51. The Kier molecular flexibility index (Phi) is 5.44. The van der Waals surface area contributed by atoms with Crippen molar-refractivity contribution in [1.82, 2.24) is 4.98 Å². The van der Waals surface area contributed by atoms with E-state index in [1.54, 1.807) is 25.5 Å². The quantitative estimate of drug-likeness (QED) is 0.385. The fraction of sp³-hybridized carbons (Fsp3) is 0.238. The molecular formula is C21H18Br2N2O3S. The van der Waals surface area contributed by atoms with Crippen molar-refractivity contribution in [3.8, 4) is 28.5 Å². The summed E-state index contributed by atoms with van der Waals surface area (Å²) in [7, 11) is 1.65. The van der Waals surface area contributed by atoms with Crippen LogP contribution in [-0.2, 0) is 6.42 Å². The maximum Gasteiger partial charge on any atom is 0.209 e. The molecule has 3 aromatic rings. The monoisotopic (exact) mass is 536 g/mol. The normalized spacial score (nSPS) is 14.8. The number of rotatable bonds is 4. The van der Waals surface area contributed by atoms with Crippen molar-refractivity contribution in [3.63, 3.8) is 0 Å². The Bertz CT molecular complexity index is 1130. The lowest BCUT2D eigenvalue weighted by Crippen LogP contribution is -2.24. The van der Waals surface area contributed by atoms with Gasteiger partial charge in [0.2, 0.25) is 5.13 Å². The Hall–Kier alpha value is -1.90. The van der Waals surface area contributed by atoms with E-state index in [-0.39, 0.29) is 11.4 Å². The molecule has 1 aliphatic heterocycles. The van der Waals surface area contributed by atoms with Gasteiger partial charge in [0.05, 0.1) is 17.3 Å². The van der Waals surface area contributed by atoms with E-state index in [0.29, 0.717) is 20.9 Å². The third-order valence-corrected chi connectivity index (χ3v) is 6.32. The largest absolute Gasteiger partial charge is 0.506 e. The van der Waals surface area contributed by atoms with Crippen LogP contribution in [-0.4, -0.2) is 29.0 Å². The van der Waals surface area contributed by atoms with Crippen molar-refractivity contribution < 1.29 is 14.6 Å². The topological polar surface area (TPSA) is 63.9 Å². The number of hydrogen-bond acceptors (Lipinski definition) is 6. The molecule has 0 unspecified atom stereocenters. The zero-order valence-electron chi connectivity index (χ0n) is 16.0. The van der Waals surface area contributed by atoms with Crippen LogP contribution in [0.2, 0.25) is 0 Å². The average molecular weight is 538 g/mol. The molecule has 4 rings (SSSR count). The minimum Gasteiger partial charge on any atom is -0.506 e. The number of ether oxygens (including phenoxy) is 2. The highest BCUT2D eigenvalue weighted by molar-refractivity contribution is 9.11. The highest BCUT2D eigenvalue weighted by atomic mass is 79.9. The van der Waals surface area contributed by atoms with E-state index in [9.17, 15) is 5.11 Å². The SMILES string of the molecule is COc1cc(-c2csc(/N=C/c3cc(Br)cc(Br)c3O)n2)cc2c1OC(C)(C)C2. The summed E-state index contributed by atoms with van der Waals surface area (Å²) >= 11 is 8.18. The van der Waals surface area contributed by atoms with Gasteiger partial charge in [0.15, 0.2) is 11.5 Å². The Morgan fingerprint density at radius 3 is 2.83 bits per heavy atom. The molecule has 0 spiro atoms. The summed E-state index contributed by atoms with van der Waals surface area (Å²) in [5.74, 6) is 1.66. The number of hydrogen-bond donors (Lipinski definition) is 1. The van der Waals surface area contributed by atoms with Gasteiger partial charge in [-0.1, -0.05) is 15.9 Å². The van der Waals surface area contributed by atoms with Crippen molar-refractivity contribution in [3.05, 3.63) is 49.7 Å². The van der Waals surface area contributed by atoms with Crippen LogP contribution >= 0.6 is 43.2 Å². The van der Waals surface area contributed by atoms with Gasteiger partial charge in [-0.15, -0.1) is 11.3 Å². The molecule has 0 amide bonds. The zero-order valence-corrected chi connectivity index (χ0v) is 20.0. The lowest BCUT2D eigenvalue weighted by atomic mass is 9.99. The third kappa shape index (κ3) is 4.20. The summed E-state index contributed by atoms with van der Waals surface area (Å²) in [4.78, 5) is 9.06. The average Bonchev–Trinajstić information content (AvgIpc) is 3.25. The van der Waals surface area contributed by atoms with E-state index >= 15 is 0 Å². The van der Waals surface area contributed by atoms with Gasteiger partial charge in [-0.05, 0) is 54.0 Å². The van der Waals surface area contributed by atoms with Crippen molar-refractivity contribution in [1.29, 1.82) is 0 Å². The lowest BCUT2D eigenvalue weighted by Gasteiger charge is -2.17. The predicted octanol–water partition coefficient (Wildman–Crippen LogP) is 6.51. The van der Waals surface area contributed by atoms with Gasteiger partial charge in [-0.25, -0.2) is 9.98 Å². The molecule has 0 atom stereocenters. The molecule has 2 aromatic carbocycles. The summed E-state index contributed by atoms with van der Waals surface area (Å²) in [6.07, 6.45) is 2.42. The number of methoxy groups -OCH3 is 1. The van der Waals surface area contributed by atoms with E-state index in [1.165, 1.54) is 11.3 Å². The van der Waals surface area contributed by atoms with Crippen LogP contribution in [0.5, 0.6) is 17.2 Å². The van der Waals surface area contributed by atoms with Gasteiger partial charge in [0.25, 0.3) is 0 Å². The number of nitrogens with zero attached hydrogens (tertiary/aromatic N) is 2. The van der Waals surface area contributed by atoms with Crippen LogP contribution in [0.25, 0.3) is 11.3 Å². The van der Waals surface area contributed by atoms with Gasteiger partial charge in [-0.2, -0.15) is 0 Å². The number of aliphatic imine (C=N–C) groups is 1. The molecule has 29 heavy (non-hydrogen) atoms. The molecule has 1 aromatic heterocycles. The van der Waals surface area contributed by atoms with Gasteiger partial charge in [-0.3, -0.25) is 0 Å². The molecular weight excluding hydrogens is 520 g/mol. The summed E-state index contributed by atoms with van der Waals surface area (Å²) in [5, 5.41) is 12.7. The Labute approximate surface area is 189 Å². The zero-order chi connectivity index (χ0) is 20.8. The standard InChI is InChI=1S/C21H18Br2N2O3S/c1-21(2)8-12-4-11(6-17(27-3)19(12)28-21)16-10-29-20(25-16)24-9-13-5-14(22)7-15(23)18(13)26/h4-7,9-10,26H,8H2,1-3H3/b24-9+. The first kappa shape index (κ1) is 20.4. The molecule has 0 fully saturated rings. The second-order valence-corrected chi connectivity index (χ2v) is 9.91. The number of aromatic hydroxyl groups is 1. The highest BCUT2D eigenvalue weighted by Gasteiger charge is 2.33. The molecule has 1 aliphatic rings. The number of halogens is 2. The first-order valence-electron chi connectivity index (χ1n) is 8.83. The van der Waals surface area contributed by atoms with E-state index in [4.69, 9.17) is 9.47 Å². The molecule has 5 nitrogen and oxygen atoms in total. The minimum atomic E-state index is -0.244. The van der Waals surface area contributed by atoms with E-state index < -0.39 is 0 Å². The summed E-state index contributed by atoms with van der Waals surface area (Å²) in [6.45, 7) is 4.13. The van der Waals surface area contributed by atoms with Gasteiger partial charge >= 0.3 is 0 Å². The van der Waals surface area contributed by atoms with Gasteiger partial charge in [0, 0.05) is 39.2 Å². The van der Waals surface area contributed by atoms with Crippen molar-refractivity contribution >= 4 is 54.5 Å². The Morgan fingerprint density at radius 1 is 1.28 bits per heavy atom. The fourth-order valence-electron chi connectivity index (χ4n) is 3.24. The van der Waals surface area contributed by atoms with Crippen molar-refractivity contribution in [2.24, 2.45) is 4.99 Å². The summed E-state index contributed by atoms with van der Waals surface area (Å²) in [5.41, 5.74) is 3.26. The number of phenolic OH excluding ortho intramolecular Hbond substituents is 1. The number of benzene rings is 2. The molecule has 2 heterocycles. The lowest BCUT2D eigenvalue weighted by molar-refractivity contribution is 0.134. The van der Waals surface area contributed by atoms with Crippen LogP contribution in [0.1, 0.15) is 25.0 Å². The molecule has 150 valence electrons. The molecule has 0 saturated heterocycles. The first-order valence-corrected chi connectivity index (χ1v) is 11.3. The summed E-state index contributed by atoms with van der Waals surface area (Å²) in [6, 6.07) is 7.62. The smallest absolute Gasteiger partial charge is 0.209 e. The molecule has 0 bridgehead atoms. The van der Waals surface area contributed by atoms with Crippen LogP contribution in [0.4, 0.5) is 5.13 Å². The number of phenols is 1. The van der Waals surface area contributed by atoms with Crippen molar-refractivity contribution in [2.45, 2.75) is 25.9 Å². The van der Waals surface area contributed by atoms with E-state index in [0.717, 1.165) is 33.5 Å². The molecule has 0 radical (unpaired) electrons. The van der Waals surface area contributed by atoms with E-state index in [1.807, 2.05) is 11.4 Å². The maximum atomic E-state index is 10.2. The molecule has 0 saturated carbocycles. The van der Waals surface area contributed by atoms with Gasteiger partial charge in [0.1, 0.15) is 11.4 Å². The van der Waals surface area contributed by atoms with Crippen molar-refractivity contribution in [2.75, 3.05) is 7.11 Å². The summed E-state index contributed by atoms with van der Waals surface area (Å²) < 4.78 is 13.0. The molecule has 0 aliphatic carbocycles. The number of aromatic nitrogens is 1. The van der Waals surface area contributed by atoms with E-state index in [2.05, 4.69) is 61.8 Å². The Morgan fingerprint density at radius 2 is 2.07 bits per heavy atom. The predicted molar refractivity (Wildman–Crippen MR) is 123 cm³/mol. The molecule has 8 heteroatoms.